The summed E-state index contributed by atoms with van der Waals surface area (Å²) in [4.78, 5) is 9.09. The van der Waals surface area contributed by atoms with Crippen LogP contribution in [-0.4, -0.2) is 14.5 Å². The van der Waals surface area contributed by atoms with Crippen LogP contribution in [0.4, 0.5) is 5.95 Å². The second-order valence-electron chi connectivity index (χ2n) is 5.66. The van der Waals surface area contributed by atoms with Crippen molar-refractivity contribution < 1.29 is 0 Å². The van der Waals surface area contributed by atoms with E-state index in [1.165, 1.54) is 19.3 Å². The molecule has 1 fully saturated rings. The predicted octanol–water partition coefficient (Wildman–Crippen LogP) is 3.00. The molecule has 0 saturated heterocycles. The Labute approximate surface area is 107 Å². The highest BCUT2D eigenvalue weighted by atomic mass is 15.2. The molecule has 0 bridgehead atoms. The molecule has 4 nitrogen and oxygen atoms in total. The second-order valence-corrected chi connectivity index (χ2v) is 5.66. The molecule has 18 heavy (non-hydrogen) atoms. The van der Waals surface area contributed by atoms with Gasteiger partial charge >= 0.3 is 0 Å². The number of anilines is 1. The van der Waals surface area contributed by atoms with Crippen molar-refractivity contribution in [3.63, 3.8) is 0 Å². The molecule has 1 saturated carbocycles. The van der Waals surface area contributed by atoms with Gasteiger partial charge in [0.25, 0.3) is 0 Å². The Morgan fingerprint density at radius 2 is 1.89 bits per heavy atom. The molecule has 0 unspecified atom stereocenters. The van der Waals surface area contributed by atoms with E-state index in [0.29, 0.717) is 5.95 Å². The van der Waals surface area contributed by atoms with Gasteiger partial charge in [-0.1, -0.05) is 19.3 Å². The lowest BCUT2D eigenvalue weighted by atomic mass is 9.83. The number of aromatic nitrogens is 3. The van der Waals surface area contributed by atoms with Crippen LogP contribution in [-0.2, 0) is 5.54 Å². The second kappa shape index (κ2) is 3.97. The van der Waals surface area contributed by atoms with Crippen LogP contribution in [0.15, 0.2) is 12.1 Å². The van der Waals surface area contributed by atoms with E-state index < -0.39 is 0 Å². The SMILES string of the molecule is Cc1ccc2nc(N)n(C3(C)CCCCC3)c2n1. The van der Waals surface area contributed by atoms with Crippen LogP contribution >= 0.6 is 0 Å². The van der Waals surface area contributed by atoms with Crippen molar-refractivity contribution in [1.82, 2.24) is 14.5 Å². The van der Waals surface area contributed by atoms with Gasteiger partial charge < -0.3 is 5.73 Å². The molecular formula is C14H20N4. The quantitative estimate of drug-likeness (QED) is 0.839. The fourth-order valence-electron chi connectivity index (χ4n) is 3.14. The lowest BCUT2D eigenvalue weighted by Crippen LogP contribution is -2.33. The highest BCUT2D eigenvalue weighted by molar-refractivity contribution is 5.74. The third kappa shape index (κ3) is 1.67. The van der Waals surface area contributed by atoms with Crippen LogP contribution in [0, 0.1) is 6.92 Å². The summed E-state index contributed by atoms with van der Waals surface area (Å²) < 4.78 is 2.16. The number of nitrogens with zero attached hydrogens (tertiary/aromatic N) is 3. The van der Waals surface area contributed by atoms with Crippen LogP contribution in [0.5, 0.6) is 0 Å². The Hall–Kier alpha value is -1.58. The van der Waals surface area contributed by atoms with Crippen molar-refractivity contribution in [3.05, 3.63) is 17.8 Å². The summed E-state index contributed by atoms with van der Waals surface area (Å²) in [6.07, 6.45) is 6.19. The third-order valence-corrected chi connectivity index (χ3v) is 4.14. The maximum absolute atomic E-state index is 6.13. The maximum Gasteiger partial charge on any atom is 0.202 e. The van der Waals surface area contributed by atoms with E-state index in [2.05, 4.69) is 21.5 Å². The van der Waals surface area contributed by atoms with Crippen LogP contribution in [0.25, 0.3) is 11.2 Å². The summed E-state index contributed by atoms with van der Waals surface area (Å²) in [5.74, 6) is 0.604. The summed E-state index contributed by atoms with van der Waals surface area (Å²) in [5, 5.41) is 0. The summed E-state index contributed by atoms with van der Waals surface area (Å²) in [7, 11) is 0. The summed E-state index contributed by atoms with van der Waals surface area (Å²) in [6.45, 7) is 4.30. The Kier molecular flexibility index (Phi) is 2.54. The fourth-order valence-corrected chi connectivity index (χ4v) is 3.14. The van der Waals surface area contributed by atoms with Gasteiger partial charge in [-0.25, -0.2) is 9.97 Å². The first-order valence-corrected chi connectivity index (χ1v) is 6.72. The highest BCUT2D eigenvalue weighted by Gasteiger charge is 2.32. The Balaban J connectivity index is 2.20. The molecule has 2 N–H and O–H groups in total. The van der Waals surface area contributed by atoms with Gasteiger partial charge in [-0.15, -0.1) is 0 Å². The van der Waals surface area contributed by atoms with Crippen molar-refractivity contribution in [2.24, 2.45) is 0 Å². The number of imidazole rings is 1. The molecule has 0 aromatic carbocycles. The highest BCUT2D eigenvalue weighted by Crippen LogP contribution is 2.38. The Morgan fingerprint density at radius 1 is 1.17 bits per heavy atom. The van der Waals surface area contributed by atoms with Gasteiger partial charge in [-0.3, -0.25) is 4.57 Å². The molecule has 0 radical (unpaired) electrons. The zero-order valence-electron chi connectivity index (χ0n) is 11.1. The maximum atomic E-state index is 6.13. The molecule has 2 aromatic heterocycles. The fraction of sp³-hybridized carbons (Fsp3) is 0.571. The van der Waals surface area contributed by atoms with Crippen molar-refractivity contribution in [2.45, 2.75) is 51.5 Å². The van der Waals surface area contributed by atoms with E-state index in [0.717, 1.165) is 29.7 Å². The average Bonchev–Trinajstić information content (AvgIpc) is 2.66. The molecule has 2 heterocycles. The number of nitrogens with two attached hydrogens (primary N) is 1. The third-order valence-electron chi connectivity index (χ3n) is 4.14. The summed E-state index contributed by atoms with van der Waals surface area (Å²) in [5.41, 5.74) is 9.08. The van der Waals surface area contributed by atoms with Crippen molar-refractivity contribution >= 4 is 17.1 Å². The number of fused-ring (bicyclic) bond motifs is 1. The number of hydrogen-bond donors (Lipinski definition) is 1. The minimum Gasteiger partial charge on any atom is -0.369 e. The van der Waals surface area contributed by atoms with Crippen molar-refractivity contribution in [3.8, 4) is 0 Å². The molecule has 1 aliphatic carbocycles. The number of hydrogen-bond acceptors (Lipinski definition) is 3. The van der Waals surface area contributed by atoms with E-state index in [-0.39, 0.29) is 5.54 Å². The predicted molar refractivity (Wildman–Crippen MR) is 73.4 cm³/mol. The zero-order chi connectivity index (χ0) is 12.8. The lowest BCUT2D eigenvalue weighted by molar-refractivity contribution is 0.227. The van der Waals surface area contributed by atoms with Gasteiger partial charge in [0, 0.05) is 11.2 Å². The minimum absolute atomic E-state index is 0.0812. The lowest BCUT2D eigenvalue weighted by Gasteiger charge is -2.35. The van der Waals surface area contributed by atoms with Gasteiger partial charge in [0.2, 0.25) is 5.95 Å². The number of nitrogen functional groups attached to an aromatic ring is 1. The standard InChI is InChI=1S/C14H20N4/c1-10-6-7-11-12(16-10)18(13(15)17-11)14(2)8-4-3-5-9-14/h6-7H,3-5,8-9H2,1-2H3,(H2,15,17). The van der Waals surface area contributed by atoms with Crippen molar-refractivity contribution in [1.29, 1.82) is 0 Å². The van der Waals surface area contributed by atoms with Gasteiger partial charge in [0.15, 0.2) is 5.65 Å². The van der Waals surface area contributed by atoms with Gasteiger partial charge in [0.1, 0.15) is 5.52 Å². The van der Waals surface area contributed by atoms with Gasteiger partial charge in [-0.05, 0) is 38.8 Å². The van der Waals surface area contributed by atoms with Crippen LogP contribution in [0.3, 0.4) is 0 Å². The van der Waals surface area contributed by atoms with Gasteiger partial charge in [0.05, 0.1) is 0 Å². The normalized spacial score (nSPS) is 19.2. The minimum atomic E-state index is 0.0812. The average molecular weight is 244 g/mol. The summed E-state index contributed by atoms with van der Waals surface area (Å²) >= 11 is 0. The molecule has 3 rings (SSSR count). The van der Waals surface area contributed by atoms with Crippen LogP contribution < -0.4 is 5.73 Å². The Bertz CT molecular complexity index is 579. The number of aryl methyl sites for hydroxylation is 1. The Morgan fingerprint density at radius 3 is 2.61 bits per heavy atom. The van der Waals surface area contributed by atoms with E-state index in [9.17, 15) is 0 Å². The summed E-state index contributed by atoms with van der Waals surface area (Å²) in [6, 6.07) is 4.00. The molecule has 96 valence electrons. The monoisotopic (exact) mass is 244 g/mol. The molecule has 0 aliphatic heterocycles. The molecule has 0 atom stereocenters. The topological polar surface area (TPSA) is 56.7 Å². The number of pyridine rings is 1. The first-order valence-electron chi connectivity index (χ1n) is 6.72. The van der Waals surface area contributed by atoms with E-state index in [1.54, 1.807) is 0 Å². The first-order chi connectivity index (χ1) is 8.60. The van der Waals surface area contributed by atoms with Gasteiger partial charge in [-0.2, -0.15) is 0 Å². The zero-order valence-corrected chi connectivity index (χ0v) is 11.1. The molecule has 2 aromatic rings. The number of rotatable bonds is 1. The first kappa shape index (κ1) is 11.5. The molecule has 0 amide bonds. The molecule has 0 spiro atoms. The van der Waals surface area contributed by atoms with E-state index in [1.807, 2.05) is 19.1 Å². The van der Waals surface area contributed by atoms with Crippen LogP contribution in [0.2, 0.25) is 0 Å². The molecule has 1 aliphatic rings. The van der Waals surface area contributed by atoms with E-state index in [4.69, 9.17) is 5.73 Å². The van der Waals surface area contributed by atoms with Crippen LogP contribution in [0.1, 0.15) is 44.7 Å². The largest absolute Gasteiger partial charge is 0.369 e. The molecule has 4 heteroatoms. The van der Waals surface area contributed by atoms with E-state index >= 15 is 0 Å². The molecular weight excluding hydrogens is 224 g/mol. The smallest absolute Gasteiger partial charge is 0.202 e. The van der Waals surface area contributed by atoms with Crippen molar-refractivity contribution in [2.75, 3.05) is 5.73 Å².